The average molecular weight is 262 g/mol. The van der Waals surface area contributed by atoms with Gasteiger partial charge in [0.2, 0.25) is 0 Å². The molecule has 2 nitrogen and oxygen atoms in total. The lowest BCUT2D eigenvalue weighted by atomic mass is 10.1. The molecule has 3 heteroatoms. The first-order valence-corrected chi connectivity index (χ1v) is 7.23. The van der Waals surface area contributed by atoms with Crippen molar-refractivity contribution in [3.63, 3.8) is 0 Å². The first-order chi connectivity index (χ1) is 9.26. The number of aromatic amines is 1. The van der Waals surface area contributed by atoms with E-state index in [0.29, 0.717) is 0 Å². The van der Waals surface area contributed by atoms with Crippen LogP contribution in [0.15, 0.2) is 24.4 Å². The maximum atomic E-state index is 13.9. The van der Waals surface area contributed by atoms with Gasteiger partial charge in [-0.1, -0.05) is 19.9 Å². The van der Waals surface area contributed by atoms with Crippen LogP contribution in [-0.4, -0.2) is 29.5 Å². The molecule has 0 bridgehead atoms. The van der Waals surface area contributed by atoms with Gasteiger partial charge in [-0.25, -0.2) is 4.39 Å². The van der Waals surface area contributed by atoms with E-state index < -0.39 is 0 Å². The van der Waals surface area contributed by atoms with Gasteiger partial charge >= 0.3 is 0 Å². The number of rotatable bonds is 7. The largest absolute Gasteiger partial charge is 0.361 e. The van der Waals surface area contributed by atoms with Crippen molar-refractivity contribution in [3.8, 4) is 0 Å². The summed E-state index contributed by atoms with van der Waals surface area (Å²) in [7, 11) is 0. The summed E-state index contributed by atoms with van der Waals surface area (Å²) >= 11 is 0. The molecule has 104 valence electrons. The van der Waals surface area contributed by atoms with E-state index in [1.54, 1.807) is 6.07 Å². The summed E-state index contributed by atoms with van der Waals surface area (Å²) in [5, 5.41) is 0.760. The molecule has 2 aromatic rings. The monoisotopic (exact) mass is 262 g/mol. The van der Waals surface area contributed by atoms with Crippen LogP contribution in [0.1, 0.15) is 32.3 Å². The van der Waals surface area contributed by atoms with Crippen LogP contribution >= 0.6 is 0 Å². The van der Waals surface area contributed by atoms with Gasteiger partial charge in [0.25, 0.3) is 0 Å². The highest BCUT2D eigenvalue weighted by Gasteiger charge is 2.10. The second kappa shape index (κ2) is 6.71. The van der Waals surface area contributed by atoms with Gasteiger partial charge in [0, 0.05) is 23.6 Å². The molecule has 19 heavy (non-hydrogen) atoms. The highest BCUT2D eigenvalue weighted by molar-refractivity contribution is 5.83. The molecule has 0 aliphatic carbocycles. The molecule has 1 aromatic carbocycles. The van der Waals surface area contributed by atoms with E-state index in [9.17, 15) is 4.39 Å². The lowest BCUT2D eigenvalue weighted by molar-refractivity contribution is 0.278. The van der Waals surface area contributed by atoms with Gasteiger partial charge in [-0.2, -0.15) is 0 Å². The SMILES string of the molecule is CCCN(CCC)CCc1c[nH]c2cccc(F)c12. The third-order valence-corrected chi connectivity index (χ3v) is 3.51. The summed E-state index contributed by atoms with van der Waals surface area (Å²) in [6, 6.07) is 5.21. The Labute approximate surface area is 114 Å². The number of fused-ring (bicyclic) bond motifs is 1. The van der Waals surface area contributed by atoms with Crippen LogP contribution < -0.4 is 0 Å². The number of hydrogen-bond donors (Lipinski definition) is 1. The summed E-state index contributed by atoms with van der Waals surface area (Å²) < 4.78 is 13.9. The second-order valence-electron chi connectivity index (χ2n) is 5.07. The van der Waals surface area contributed by atoms with Gasteiger partial charge in [0.05, 0.1) is 0 Å². The molecule has 0 aliphatic heterocycles. The van der Waals surface area contributed by atoms with Crippen molar-refractivity contribution in [1.29, 1.82) is 0 Å². The number of halogens is 1. The van der Waals surface area contributed by atoms with E-state index in [1.807, 2.05) is 12.3 Å². The quantitative estimate of drug-likeness (QED) is 0.800. The van der Waals surface area contributed by atoms with Gasteiger partial charge in [0.15, 0.2) is 0 Å². The molecule has 0 unspecified atom stereocenters. The Balaban J connectivity index is 2.08. The number of benzene rings is 1. The van der Waals surface area contributed by atoms with Crippen molar-refractivity contribution >= 4 is 10.9 Å². The molecule has 1 heterocycles. The molecule has 0 fully saturated rings. The molecule has 0 aliphatic rings. The predicted molar refractivity (Wildman–Crippen MR) is 79.0 cm³/mol. The maximum Gasteiger partial charge on any atom is 0.132 e. The number of nitrogens with zero attached hydrogens (tertiary/aromatic N) is 1. The molecular weight excluding hydrogens is 239 g/mol. The van der Waals surface area contributed by atoms with Crippen molar-refractivity contribution in [3.05, 3.63) is 35.8 Å². The fourth-order valence-corrected chi connectivity index (χ4v) is 2.65. The maximum absolute atomic E-state index is 13.9. The zero-order valence-corrected chi connectivity index (χ0v) is 11.9. The van der Waals surface area contributed by atoms with E-state index in [4.69, 9.17) is 0 Å². The minimum atomic E-state index is -0.119. The van der Waals surface area contributed by atoms with Crippen molar-refractivity contribution < 1.29 is 4.39 Å². The third-order valence-electron chi connectivity index (χ3n) is 3.51. The minimum absolute atomic E-state index is 0.119. The molecule has 1 N–H and O–H groups in total. The zero-order valence-electron chi connectivity index (χ0n) is 11.9. The van der Waals surface area contributed by atoms with Gasteiger partial charge < -0.3 is 9.88 Å². The first kappa shape index (κ1) is 14.1. The predicted octanol–water partition coefficient (Wildman–Crippen LogP) is 3.97. The Morgan fingerprint density at radius 1 is 1.11 bits per heavy atom. The topological polar surface area (TPSA) is 19.0 Å². The zero-order chi connectivity index (χ0) is 13.7. The summed E-state index contributed by atoms with van der Waals surface area (Å²) in [6.45, 7) is 7.66. The Morgan fingerprint density at radius 2 is 1.84 bits per heavy atom. The van der Waals surface area contributed by atoms with Crippen molar-refractivity contribution in [2.24, 2.45) is 0 Å². The molecular formula is C16H23FN2. The molecule has 1 aromatic heterocycles. The Morgan fingerprint density at radius 3 is 2.53 bits per heavy atom. The van der Waals surface area contributed by atoms with Crippen LogP contribution in [0.25, 0.3) is 10.9 Å². The van der Waals surface area contributed by atoms with Crippen LogP contribution in [0.4, 0.5) is 4.39 Å². The number of H-pyrrole nitrogens is 1. The Kier molecular flexibility index (Phi) is 4.97. The van der Waals surface area contributed by atoms with Gasteiger partial charge in [-0.3, -0.25) is 0 Å². The van der Waals surface area contributed by atoms with Gasteiger partial charge in [-0.05, 0) is 50.0 Å². The van der Waals surface area contributed by atoms with Crippen LogP contribution in [0.3, 0.4) is 0 Å². The van der Waals surface area contributed by atoms with Crippen molar-refractivity contribution in [1.82, 2.24) is 9.88 Å². The highest BCUT2D eigenvalue weighted by atomic mass is 19.1. The van der Waals surface area contributed by atoms with E-state index >= 15 is 0 Å². The lowest BCUT2D eigenvalue weighted by Crippen LogP contribution is -2.27. The minimum Gasteiger partial charge on any atom is -0.361 e. The first-order valence-electron chi connectivity index (χ1n) is 7.23. The standard InChI is InChI=1S/C16H23FN2/c1-3-9-19(10-4-2)11-8-13-12-18-15-7-5-6-14(17)16(13)15/h5-7,12,18H,3-4,8-11H2,1-2H3. The normalized spacial score (nSPS) is 11.6. The number of nitrogens with one attached hydrogen (secondary N) is 1. The molecule has 2 rings (SSSR count). The average Bonchev–Trinajstić information content (AvgIpc) is 2.81. The van der Waals surface area contributed by atoms with Crippen LogP contribution in [0.2, 0.25) is 0 Å². The van der Waals surface area contributed by atoms with Gasteiger partial charge in [-0.15, -0.1) is 0 Å². The molecule has 0 saturated carbocycles. The fraction of sp³-hybridized carbons (Fsp3) is 0.500. The van der Waals surface area contributed by atoms with Crippen LogP contribution in [-0.2, 0) is 6.42 Å². The summed E-state index contributed by atoms with van der Waals surface area (Å²) in [5.74, 6) is -0.119. The van der Waals surface area contributed by atoms with Crippen molar-refractivity contribution in [2.45, 2.75) is 33.1 Å². The summed E-state index contributed by atoms with van der Waals surface area (Å²) in [5.41, 5.74) is 1.98. The fourth-order valence-electron chi connectivity index (χ4n) is 2.65. The number of aromatic nitrogens is 1. The molecule has 0 atom stereocenters. The molecule has 0 radical (unpaired) electrons. The lowest BCUT2D eigenvalue weighted by Gasteiger charge is -2.20. The molecule has 0 amide bonds. The van der Waals surface area contributed by atoms with Crippen LogP contribution in [0, 0.1) is 5.82 Å². The third kappa shape index (κ3) is 3.35. The molecule has 0 spiro atoms. The van der Waals surface area contributed by atoms with E-state index in [2.05, 4.69) is 23.7 Å². The Bertz CT molecular complexity index is 512. The Hall–Kier alpha value is -1.35. The van der Waals surface area contributed by atoms with E-state index in [0.717, 1.165) is 42.5 Å². The highest BCUT2D eigenvalue weighted by Crippen LogP contribution is 2.22. The van der Waals surface area contributed by atoms with E-state index in [1.165, 1.54) is 18.9 Å². The number of hydrogen-bond acceptors (Lipinski definition) is 1. The van der Waals surface area contributed by atoms with E-state index in [-0.39, 0.29) is 5.82 Å². The van der Waals surface area contributed by atoms with Crippen LogP contribution in [0.5, 0.6) is 0 Å². The summed E-state index contributed by atoms with van der Waals surface area (Å²) in [4.78, 5) is 5.62. The smallest absolute Gasteiger partial charge is 0.132 e. The molecule has 0 saturated heterocycles. The summed E-state index contributed by atoms with van der Waals surface area (Å²) in [6.07, 6.45) is 5.19. The van der Waals surface area contributed by atoms with Crippen molar-refractivity contribution in [2.75, 3.05) is 19.6 Å². The second-order valence-corrected chi connectivity index (χ2v) is 5.07. The van der Waals surface area contributed by atoms with Gasteiger partial charge in [0.1, 0.15) is 5.82 Å².